The maximum Gasteiger partial charge on any atom is 0.313 e. The topological polar surface area (TPSA) is 76.2 Å². The lowest BCUT2D eigenvalue weighted by molar-refractivity contribution is -0.138. The van der Waals surface area contributed by atoms with Gasteiger partial charge in [-0.2, -0.15) is 0 Å². The summed E-state index contributed by atoms with van der Waals surface area (Å²) in [5, 5.41) is 9.97. The monoisotopic (exact) mass is 268 g/mol. The molecule has 0 aliphatic carbocycles. The summed E-state index contributed by atoms with van der Waals surface area (Å²) in [7, 11) is 0. The van der Waals surface area contributed by atoms with E-state index in [1.165, 1.54) is 0 Å². The highest BCUT2D eigenvalue weighted by atomic mass is 16.4. The normalized spacial score (nSPS) is 12.4. The van der Waals surface area contributed by atoms with Gasteiger partial charge in [-0.3, -0.25) is 4.79 Å². The number of hydrogen-bond acceptors (Lipinski definition) is 4. The summed E-state index contributed by atoms with van der Waals surface area (Å²) in [5.41, 5.74) is 2.27. The lowest BCUT2D eigenvalue weighted by Gasteiger charge is -2.06. The van der Waals surface area contributed by atoms with Crippen LogP contribution in [-0.4, -0.2) is 21.0 Å². The van der Waals surface area contributed by atoms with Crippen LogP contribution in [0.3, 0.4) is 0 Å². The minimum absolute atomic E-state index is 0.292. The summed E-state index contributed by atoms with van der Waals surface area (Å²) < 4.78 is 5.47. The number of aliphatic carboxylic acids is 1. The second kappa shape index (κ2) is 4.77. The van der Waals surface area contributed by atoms with E-state index in [0.29, 0.717) is 11.5 Å². The van der Waals surface area contributed by atoms with Crippen LogP contribution < -0.4 is 0 Å². The summed E-state index contributed by atoms with van der Waals surface area (Å²) in [5.74, 6) is -1.40. The maximum atomic E-state index is 11.0. The molecule has 0 bridgehead atoms. The Balaban J connectivity index is 2.11. The molecule has 20 heavy (non-hydrogen) atoms. The summed E-state index contributed by atoms with van der Waals surface area (Å²) >= 11 is 0. The van der Waals surface area contributed by atoms with Crippen LogP contribution in [-0.2, 0) is 4.79 Å². The first-order chi connectivity index (χ1) is 9.66. The van der Waals surface area contributed by atoms with E-state index in [2.05, 4.69) is 9.97 Å². The van der Waals surface area contributed by atoms with Crippen molar-refractivity contribution in [3.8, 4) is 11.3 Å². The number of carboxylic acid groups (broad SMARTS) is 1. The highest BCUT2D eigenvalue weighted by Crippen LogP contribution is 2.29. The van der Waals surface area contributed by atoms with Crippen molar-refractivity contribution in [2.24, 2.45) is 0 Å². The lowest BCUT2D eigenvalue weighted by Crippen LogP contribution is -2.11. The van der Waals surface area contributed by atoms with Crippen LogP contribution in [0, 0.1) is 0 Å². The molecule has 5 heteroatoms. The Hall–Kier alpha value is -2.69. The van der Waals surface area contributed by atoms with Gasteiger partial charge >= 0.3 is 5.97 Å². The highest BCUT2D eigenvalue weighted by molar-refractivity contribution is 5.92. The van der Waals surface area contributed by atoms with Gasteiger partial charge in [0.25, 0.3) is 0 Å². The van der Waals surface area contributed by atoms with Crippen molar-refractivity contribution >= 4 is 16.9 Å². The Bertz CT molecular complexity index is 779. The van der Waals surface area contributed by atoms with E-state index >= 15 is 0 Å². The van der Waals surface area contributed by atoms with Crippen molar-refractivity contribution in [1.82, 2.24) is 9.97 Å². The third-order valence-corrected chi connectivity index (χ3v) is 3.19. The maximum absolute atomic E-state index is 11.0. The minimum atomic E-state index is -0.945. The van der Waals surface area contributed by atoms with E-state index in [1.807, 2.05) is 24.3 Å². The van der Waals surface area contributed by atoms with Gasteiger partial charge < -0.3 is 9.52 Å². The first-order valence-corrected chi connectivity index (χ1v) is 6.19. The SMILES string of the molecule is CC(C(=O)O)c1nccc(-c2coc3ccccc23)n1. The Morgan fingerprint density at radius 3 is 2.90 bits per heavy atom. The van der Waals surface area contributed by atoms with Crippen LogP contribution in [0.1, 0.15) is 18.7 Å². The molecule has 0 spiro atoms. The molecule has 100 valence electrons. The molecule has 0 fully saturated rings. The number of fused-ring (bicyclic) bond motifs is 1. The largest absolute Gasteiger partial charge is 0.481 e. The van der Waals surface area contributed by atoms with Gasteiger partial charge in [-0.15, -0.1) is 0 Å². The van der Waals surface area contributed by atoms with Gasteiger partial charge in [-0.25, -0.2) is 9.97 Å². The molecule has 1 N–H and O–H groups in total. The zero-order valence-electron chi connectivity index (χ0n) is 10.8. The average molecular weight is 268 g/mol. The number of nitrogens with zero attached hydrogens (tertiary/aromatic N) is 2. The fourth-order valence-electron chi connectivity index (χ4n) is 2.02. The van der Waals surface area contributed by atoms with Crippen molar-refractivity contribution in [3.63, 3.8) is 0 Å². The van der Waals surface area contributed by atoms with Gasteiger partial charge in [0.15, 0.2) is 0 Å². The molecule has 3 aromatic rings. The van der Waals surface area contributed by atoms with Crippen molar-refractivity contribution in [3.05, 3.63) is 48.6 Å². The Morgan fingerprint density at radius 2 is 2.10 bits per heavy atom. The molecule has 0 aliphatic heterocycles. The van der Waals surface area contributed by atoms with E-state index in [4.69, 9.17) is 9.52 Å². The van der Waals surface area contributed by atoms with Gasteiger partial charge in [-0.1, -0.05) is 18.2 Å². The van der Waals surface area contributed by atoms with E-state index in [9.17, 15) is 4.79 Å². The minimum Gasteiger partial charge on any atom is -0.481 e. The molecule has 3 rings (SSSR count). The number of hydrogen-bond donors (Lipinski definition) is 1. The van der Waals surface area contributed by atoms with Crippen LogP contribution in [0.4, 0.5) is 0 Å². The van der Waals surface area contributed by atoms with Gasteiger partial charge in [0.2, 0.25) is 0 Å². The number of aromatic nitrogens is 2. The Labute approximate surface area is 114 Å². The fraction of sp³-hybridized carbons (Fsp3) is 0.133. The van der Waals surface area contributed by atoms with Gasteiger partial charge in [0.05, 0.1) is 5.69 Å². The standard InChI is InChI=1S/C15H12N2O3/c1-9(15(18)19)14-16-7-6-12(17-14)11-8-20-13-5-3-2-4-10(11)13/h2-9H,1H3,(H,18,19). The molecule has 5 nitrogen and oxygen atoms in total. The molecule has 2 heterocycles. The van der Waals surface area contributed by atoms with Crippen LogP contribution >= 0.6 is 0 Å². The van der Waals surface area contributed by atoms with Crippen molar-refractivity contribution in [1.29, 1.82) is 0 Å². The molecule has 0 radical (unpaired) electrons. The molecule has 0 saturated heterocycles. The first kappa shape index (κ1) is 12.3. The summed E-state index contributed by atoms with van der Waals surface area (Å²) in [6.45, 7) is 1.56. The molecular formula is C15H12N2O3. The van der Waals surface area contributed by atoms with Crippen molar-refractivity contribution in [2.45, 2.75) is 12.8 Å². The van der Waals surface area contributed by atoms with Gasteiger partial charge in [-0.05, 0) is 19.1 Å². The zero-order chi connectivity index (χ0) is 14.1. The zero-order valence-corrected chi connectivity index (χ0v) is 10.8. The quantitative estimate of drug-likeness (QED) is 0.790. The number of carbonyl (C=O) groups is 1. The van der Waals surface area contributed by atoms with Gasteiger partial charge in [0, 0.05) is 17.1 Å². The van der Waals surface area contributed by atoms with Crippen molar-refractivity contribution < 1.29 is 14.3 Å². The van der Waals surface area contributed by atoms with Crippen LogP contribution in [0.15, 0.2) is 47.2 Å². The molecule has 1 unspecified atom stereocenters. The second-order valence-corrected chi connectivity index (χ2v) is 4.51. The predicted octanol–water partition coefficient (Wildman–Crippen LogP) is 3.08. The van der Waals surface area contributed by atoms with E-state index in [0.717, 1.165) is 16.5 Å². The van der Waals surface area contributed by atoms with Gasteiger partial charge in [0.1, 0.15) is 23.6 Å². The Kier molecular flexibility index (Phi) is 2.95. The molecule has 2 aromatic heterocycles. The third-order valence-electron chi connectivity index (χ3n) is 3.19. The number of benzene rings is 1. The molecule has 0 saturated carbocycles. The lowest BCUT2D eigenvalue weighted by atomic mass is 10.1. The third kappa shape index (κ3) is 2.03. The van der Waals surface area contributed by atoms with E-state index < -0.39 is 11.9 Å². The van der Waals surface area contributed by atoms with Crippen molar-refractivity contribution in [2.75, 3.05) is 0 Å². The summed E-state index contributed by atoms with van der Waals surface area (Å²) in [4.78, 5) is 19.4. The highest BCUT2D eigenvalue weighted by Gasteiger charge is 2.18. The number of rotatable bonds is 3. The molecule has 0 aliphatic rings. The predicted molar refractivity (Wildman–Crippen MR) is 73.3 cm³/mol. The number of para-hydroxylation sites is 1. The van der Waals surface area contributed by atoms with E-state index in [1.54, 1.807) is 25.5 Å². The molecular weight excluding hydrogens is 256 g/mol. The summed E-state index contributed by atoms with van der Waals surface area (Å²) in [6, 6.07) is 9.38. The van der Waals surface area contributed by atoms with E-state index in [-0.39, 0.29) is 0 Å². The summed E-state index contributed by atoms with van der Waals surface area (Å²) in [6.07, 6.45) is 3.20. The first-order valence-electron chi connectivity index (χ1n) is 6.19. The number of carboxylic acids is 1. The molecule has 1 aromatic carbocycles. The second-order valence-electron chi connectivity index (χ2n) is 4.51. The Morgan fingerprint density at radius 1 is 1.30 bits per heavy atom. The molecule has 1 atom stereocenters. The van der Waals surface area contributed by atoms with Crippen LogP contribution in [0.25, 0.3) is 22.2 Å². The van der Waals surface area contributed by atoms with Crippen LogP contribution in [0.2, 0.25) is 0 Å². The number of furan rings is 1. The fourth-order valence-corrected chi connectivity index (χ4v) is 2.02. The smallest absolute Gasteiger partial charge is 0.313 e. The molecule has 0 amide bonds. The average Bonchev–Trinajstić information content (AvgIpc) is 2.90. The van der Waals surface area contributed by atoms with Crippen LogP contribution in [0.5, 0.6) is 0 Å².